The van der Waals surface area contributed by atoms with Gasteiger partial charge in [0, 0.05) is 22.5 Å². The molecule has 2 rings (SSSR count). The molecule has 1 atom stereocenters. The minimum Gasteiger partial charge on any atom is -0.298 e. The maximum absolute atomic E-state index is 12.1. The van der Waals surface area contributed by atoms with Crippen LogP contribution in [0.25, 0.3) is 0 Å². The summed E-state index contributed by atoms with van der Waals surface area (Å²) in [6, 6.07) is 7.96. The Kier molecular flexibility index (Phi) is 5.32. The van der Waals surface area contributed by atoms with Gasteiger partial charge in [0.15, 0.2) is 0 Å². The van der Waals surface area contributed by atoms with Crippen molar-refractivity contribution in [3.63, 3.8) is 0 Å². The normalized spacial score (nSPS) is 18.2. The topological polar surface area (TPSA) is 34.1 Å². The van der Waals surface area contributed by atoms with E-state index in [9.17, 15) is 9.00 Å². The number of benzene rings is 1. The molecule has 3 heteroatoms. The van der Waals surface area contributed by atoms with Crippen molar-refractivity contribution in [2.45, 2.75) is 44.8 Å². The van der Waals surface area contributed by atoms with Crippen molar-refractivity contribution in [3.05, 3.63) is 35.4 Å². The molecule has 1 fully saturated rings. The second kappa shape index (κ2) is 6.99. The van der Waals surface area contributed by atoms with E-state index < -0.39 is 10.8 Å². The van der Waals surface area contributed by atoms with Gasteiger partial charge >= 0.3 is 0 Å². The van der Waals surface area contributed by atoms with Crippen molar-refractivity contribution < 1.29 is 9.00 Å². The molecule has 0 radical (unpaired) electrons. The fourth-order valence-electron chi connectivity index (χ4n) is 2.70. The summed E-state index contributed by atoms with van der Waals surface area (Å²) in [6.45, 7) is 2.02. The lowest BCUT2D eigenvalue weighted by atomic mass is 9.87. The average molecular weight is 278 g/mol. The summed E-state index contributed by atoms with van der Waals surface area (Å²) in [5.74, 6) is 1.13. The highest BCUT2D eigenvalue weighted by atomic mass is 32.2. The van der Waals surface area contributed by atoms with E-state index in [1.54, 1.807) is 0 Å². The smallest absolute Gasteiger partial charge is 0.148 e. The van der Waals surface area contributed by atoms with Crippen LogP contribution in [0.3, 0.4) is 0 Å². The van der Waals surface area contributed by atoms with Gasteiger partial charge in [0.25, 0.3) is 0 Å². The van der Waals surface area contributed by atoms with Gasteiger partial charge in [-0.25, -0.2) is 0 Å². The van der Waals surface area contributed by atoms with Crippen molar-refractivity contribution in [1.29, 1.82) is 0 Å². The Bertz CT molecular complexity index is 462. The number of aryl methyl sites for hydroxylation is 1. The van der Waals surface area contributed by atoms with Crippen molar-refractivity contribution in [2.24, 2.45) is 5.92 Å². The first-order chi connectivity index (χ1) is 9.16. The molecule has 1 aliphatic carbocycles. The predicted molar refractivity (Wildman–Crippen MR) is 79.5 cm³/mol. The summed E-state index contributed by atoms with van der Waals surface area (Å²) in [7, 11) is -1.06. The maximum atomic E-state index is 12.1. The third-order valence-electron chi connectivity index (χ3n) is 3.94. The minimum absolute atomic E-state index is 0.176. The molecule has 0 amide bonds. The summed E-state index contributed by atoms with van der Waals surface area (Å²) >= 11 is 0. The minimum atomic E-state index is -1.06. The molecule has 0 spiro atoms. The number of Topliss-reactive ketones (excluding diaryl/α,β-unsaturated/α-hetero) is 1. The van der Waals surface area contributed by atoms with Crippen LogP contribution >= 0.6 is 0 Å². The Morgan fingerprint density at radius 1 is 1.21 bits per heavy atom. The molecule has 0 heterocycles. The zero-order chi connectivity index (χ0) is 13.7. The Labute approximate surface area is 118 Å². The van der Waals surface area contributed by atoms with E-state index in [1.807, 2.05) is 31.2 Å². The molecule has 0 bridgehead atoms. The molecule has 2 nitrogen and oxygen atoms in total. The second-order valence-corrected chi connectivity index (χ2v) is 6.91. The number of hydrogen-bond acceptors (Lipinski definition) is 2. The van der Waals surface area contributed by atoms with Crippen LogP contribution in [0.2, 0.25) is 0 Å². The standard InChI is InChI=1S/C16H22O2S/c1-13-7-5-6-10-15(13)11-19(18)12-16(17)14-8-3-2-4-9-14/h5-7,10,14H,2-4,8-9,11-12H2,1H3. The molecule has 1 aliphatic rings. The van der Waals surface area contributed by atoms with Gasteiger partial charge in [-0.3, -0.25) is 9.00 Å². The Hall–Kier alpha value is -0.960. The molecular weight excluding hydrogens is 256 g/mol. The van der Waals surface area contributed by atoms with Crippen LogP contribution in [-0.4, -0.2) is 15.7 Å². The highest BCUT2D eigenvalue weighted by molar-refractivity contribution is 7.84. The summed E-state index contributed by atoms with van der Waals surface area (Å²) in [5, 5.41) is 0. The van der Waals surface area contributed by atoms with E-state index in [4.69, 9.17) is 0 Å². The van der Waals surface area contributed by atoms with Crippen molar-refractivity contribution in [2.75, 3.05) is 5.75 Å². The van der Waals surface area contributed by atoms with E-state index in [0.29, 0.717) is 5.75 Å². The van der Waals surface area contributed by atoms with Crippen LogP contribution in [0.4, 0.5) is 0 Å². The predicted octanol–water partition coefficient (Wildman–Crippen LogP) is 3.39. The molecule has 1 aromatic rings. The highest BCUT2D eigenvalue weighted by Gasteiger charge is 2.22. The number of hydrogen-bond donors (Lipinski definition) is 0. The molecule has 0 aromatic heterocycles. The first kappa shape index (κ1) is 14.4. The lowest BCUT2D eigenvalue weighted by Gasteiger charge is -2.20. The fraction of sp³-hybridized carbons (Fsp3) is 0.562. The number of carbonyl (C=O) groups is 1. The van der Waals surface area contributed by atoms with Gasteiger partial charge < -0.3 is 0 Å². The fourth-order valence-corrected chi connectivity index (χ4v) is 4.02. The molecular formula is C16H22O2S. The summed E-state index contributed by atoms with van der Waals surface area (Å²) in [6.07, 6.45) is 5.55. The first-order valence-corrected chi connectivity index (χ1v) is 8.58. The lowest BCUT2D eigenvalue weighted by molar-refractivity contribution is -0.121. The van der Waals surface area contributed by atoms with Crippen molar-refractivity contribution in [3.8, 4) is 0 Å². The maximum Gasteiger partial charge on any atom is 0.148 e. The molecule has 1 unspecified atom stereocenters. The summed E-state index contributed by atoms with van der Waals surface area (Å²) < 4.78 is 12.1. The second-order valence-electron chi connectivity index (χ2n) is 5.46. The number of carbonyl (C=O) groups excluding carboxylic acids is 1. The molecule has 0 saturated heterocycles. The van der Waals surface area contributed by atoms with Gasteiger partial charge in [0.05, 0.1) is 5.75 Å². The first-order valence-electron chi connectivity index (χ1n) is 7.09. The Morgan fingerprint density at radius 2 is 1.89 bits per heavy atom. The van der Waals surface area contributed by atoms with E-state index in [-0.39, 0.29) is 17.5 Å². The van der Waals surface area contributed by atoms with Gasteiger partial charge in [-0.15, -0.1) is 0 Å². The van der Waals surface area contributed by atoms with Gasteiger partial charge in [-0.2, -0.15) is 0 Å². The van der Waals surface area contributed by atoms with Gasteiger partial charge in [-0.1, -0.05) is 43.5 Å². The van der Waals surface area contributed by atoms with Crippen LogP contribution in [-0.2, 0) is 21.3 Å². The monoisotopic (exact) mass is 278 g/mol. The largest absolute Gasteiger partial charge is 0.298 e. The molecule has 1 saturated carbocycles. The lowest BCUT2D eigenvalue weighted by Crippen LogP contribution is -2.23. The Morgan fingerprint density at radius 3 is 2.58 bits per heavy atom. The van der Waals surface area contributed by atoms with Gasteiger partial charge in [-0.05, 0) is 30.9 Å². The van der Waals surface area contributed by atoms with Crippen LogP contribution in [0, 0.1) is 12.8 Å². The van der Waals surface area contributed by atoms with Gasteiger partial charge in [0.1, 0.15) is 5.78 Å². The van der Waals surface area contributed by atoms with E-state index in [1.165, 1.54) is 6.42 Å². The number of ketones is 1. The van der Waals surface area contributed by atoms with Crippen LogP contribution in [0.15, 0.2) is 24.3 Å². The molecule has 0 aliphatic heterocycles. The van der Waals surface area contributed by atoms with Crippen molar-refractivity contribution in [1.82, 2.24) is 0 Å². The summed E-state index contributed by atoms with van der Waals surface area (Å²) in [4.78, 5) is 12.1. The highest BCUT2D eigenvalue weighted by Crippen LogP contribution is 2.24. The molecule has 0 N–H and O–H groups in total. The van der Waals surface area contributed by atoms with Crippen LogP contribution in [0.1, 0.15) is 43.2 Å². The average Bonchev–Trinajstić information content (AvgIpc) is 2.42. The number of rotatable bonds is 5. The van der Waals surface area contributed by atoms with E-state index in [2.05, 4.69) is 0 Å². The SMILES string of the molecule is Cc1ccccc1CS(=O)CC(=O)C1CCCCC1. The van der Waals surface area contributed by atoms with Gasteiger partial charge in [0.2, 0.25) is 0 Å². The van der Waals surface area contributed by atoms with Crippen molar-refractivity contribution >= 4 is 16.6 Å². The van der Waals surface area contributed by atoms with E-state index >= 15 is 0 Å². The quantitative estimate of drug-likeness (QED) is 0.827. The third-order valence-corrected chi connectivity index (χ3v) is 5.18. The molecule has 19 heavy (non-hydrogen) atoms. The van der Waals surface area contributed by atoms with Crippen LogP contribution < -0.4 is 0 Å². The van der Waals surface area contributed by atoms with E-state index in [0.717, 1.165) is 36.8 Å². The zero-order valence-electron chi connectivity index (χ0n) is 11.6. The van der Waals surface area contributed by atoms with Crippen LogP contribution in [0.5, 0.6) is 0 Å². The zero-order valence-corrected chi connectivity index (χ0v) is 12.4. The third kappa shape index (κ3) is 4.27. The Balaban J connectivity index is 1.87. The molecule has 104 valence electrons. The summed E-state index contributed by atoms with van der Waals surface area (Å²) in [5.41, 5.74) is 2.25. The molecule has 1 aromatic carbocycles.